The summed E-state index contributed by atoms with van der Waals surface area (Å²) in [5, 5.41) is 6.32. The van der Waals surface area contributed by atoms with Crippen molar-refractivity contribution in [3.63, 3.8) is 0 Å². The topological polar surface area (TPSA) is 88.7 Å². The van der Waals surface area contributed by atoms with Crippen LogP contribution in [0.2, 0.25) is 0 Å². The van der Waals surface area contributed by atoms with E-state index >= 15 is 0 Å². The summed E-state index contributed by atoms with van der Waals surface area (Å²) in [7, 11) is 1.67. The van der Waals surface area contributed by atoms with Gasteiger partial charge in [-0.15, -0.1) is 24.0 Å². The van der Waals surface area contributed by atoms with Crippen LogP contribution in [0.4, 0.5) is 4.39 Å². The lowest BCUT2D eigenvalue weighted by Crippen LogP contribution is -2.41. The monoisotopic (exact) mass is 486 g/mol. The summed E-state index contributed by atoms with van der Waals surface area (Å²) in [6.07, 6.45) is -0.141. The number of primary amides is 1. The molecule has 1 amide bonds. The zero-order valence-corrected chi connectivity index (χ0v) is 17.6. The number of amides is 1. The Hall–Kier alpha value is -2.36. The lowest BCUT2D eigenvalue weighted by atomic mass is 10.1. The minimum Gasteiger partial charge on any atom is -0.489 e. The van der Waals surface area contributed by atoms with Crippen LogP contribution < -0.4 is 21.1 Å². The van der Waals surface area contributed by atoms with Gasteiger partial charge in [-0.05, 0) is 48.9 Å². The fourth-order valence-electron chi connectivity index (χ4n) is 2.27. The van der Waals surface area contributed by atoms with Crippen molar-refractivity contribution in [3.05, 3.63) is 65.5 Å². The number of nitrogens with one attached hydrogen (secondary N) is 2. The van der Waals surface area contributed by atoms with Crippen LogP contribution in [0.1, 0.15) is 22.8 Å². The summed E-state index contributed by atoms with van der Waals surface area (Å²) in [5.74, 6) is 0.449. The van der Waals surface area contributed by atoms with Crippen molar-refractivity contribution in [1.29, 1.82) is 0 Å². The van der Waals surface area contributed by atoms with Crippen molar-refractivity contribution in [2.24, 2.45) is 10.7 Å². The quantitative estimate of drug-likeness (QED) is 0.319. The third-order valence-electron chi connectivity index (χ3n) is 3.60. The molecule has 0 bridgehead atoms. The number of hydrogen-bond donors (Lipinski definition) is 3. The number of carbonyl (C=O) groups excluding carboxylic acids is 1. The Kier molecular flexibility index (Phi) is 9.55. The molecular weight excluding hydrogens is 462 g/mol. The molecule has 1 unspecified atom stereocenters. The van der Waals surface area contributed by atoms with Gasteiger partial charge in [0.1, 0.15) is 17.7 Å². The van der Waals surface area contributed by atoms with Crippen LogP contribution in [0.25, 0.3) is 0 Å². The Morgan fingerprint density at radius 1 is 1.22 bits per heavy atom. The predicted molar refractivity (Wildman–Crippen MR) is 115 cm³/mol. The Morgan fingerprint density at radius 2 is 1.93 bits per heavy atom. The molecule has 0 radical (unpaired) electrons. The lowest BCUT2D eigenvalue weighted by molar-refractivity contribution is 0.1000. The van der Waals surface area contributed by atoms with Gasteiger partial charge in [0.15, 0.2) is 5.96 Å². The third-order valence-corrected chi connectivity index (χ3v) is 3.60. The van der Waals surface area contributed by atoms with Gasteiger partial charge in [0.25, 0.3) is 0 Å². The van der Waals surface area contributed by atoms with Gasteiger partial charge in [-0.25, -0.2) is 4.39 Å². The second-order valence-corrected chi connectivity index (χ2v) is 5.75. The lowest BCUT2D eigenvalue weighted by Gasteiger charge is -2.18. The molecule has 4 N–H and O–H groups in total. The number of nitrogens with zero attached hydrogens (tertiary/aromatic N) is 1. The fourth-order valence-corrected chi connectivity index (χ4v) is 2.27. The molecule has 0 aliphatic heterocycles. The number of carbonyl (C=O) groups is 1. The van der Waals surface area contributed by atoms with Gasteiger partial charge in [-0.1, -0.05) is 12.1 Å². The van der Waals surface area contributed by atoms with Crippen LogP contribution in [-0.2, 0) is 6.54 Å². The van der Waals surface area contributed by atoms with E-state index in [9.17, 15) is 9.18 Å². The summed E-state index contributed by atoms with van der Waals surface area (Å²) < 4.78 is 18.6. The molecule has 146 valence electrons. The number of halogens is 2. The van der Waals surface area contributed by atoms with Crippen LogP contribution >= 0.6 is 24.0 Å². The van der Waals surface area contributed by atoms with Gasteiger partial charge in [-0.3, -0.25) is 9.79 Å². The van der Waals surface area contributed by atoms with E-state index in [2.05, 4.69) is 15.6 Å². The molecule has 0 saturated carbocycles. The highest BCUT2D eigenvalue weighted by atomic mass is 127. The van der Waals surface area contributed by atoms with Crippen LogP contribution in [-0.4, -0.2) is 31.6 Å². The van der Waals surface area contributed by atoms with Gasteiger partial charge in [0.2, 0.25) is 5.91 Å². The second kappa shape index (κ2) is 11.4. The maximum Gasteiger partial charge on any atom is 0.248 e. The minimum absolute atomic E-state index is 0. The SMILES string of the molecule is CN=C(NCc1cccc(C(N)=O)c1)NCC(C)Oc1ccc(F)cc1.I. The first-order chi connectivity index (χ1) is 12.5. The minimum atomic E-state index is -0.457. The Labute approximate surface area is 175 Å². The molecule has 2 aromatic carbocycles. The zero-order chi connectivity index (χ0) is 18.9. The number of aliphatic imine (C=N–C) groups is 1. The van der Waals surface area contributed by atoms with Gasteiger partial charge in [-0.2, -0.15) is 0 Å². The maximum atomic E-state index is 12.9. The average molecular weight is 486 g/mol. The van der Waals surface area contributed by atoms with Crippen LogP contribution in [0, 0.1) is 5.82 Å². The van der Waals surface area contributed by atoms with Crippen molar-refractivity contribution in [1.82, 2.24) is 10.6 Å². The molecule has 0 saturated heterocycles. The summed E-state index contributed by atoms with van der Waals surface area (Å²) in [6, 6.07) is 13.0. The van der Waals surface area contributed by atoms with Crippen LogP contribution in [0.15, 0.2) is 53.5 Å². The molecule has 6 nitrogen and oxygen atoms in total. The molecule has 2 rings (SSSR count). The summed E-state index contributed by atoms with van der Waals surface area (Å²) in [4.78, 5) is 15.4. The number of rotatable bonds is 7. The Balaban J connectivity index is 0.00000364. The maximum absolute atomic E-state index is 12.9. The Bertz CT molecular complexity index is 769. The van der Waals surface area contributed by atoms with E-state index in [0.29, 0.717) is 30.4 Å². The van der Waals surface area contributed by atoms with Crippen molar-refractivity contribution >= 4 is 35.8 Å². The standard InChI is InChI=1S/C19H23FN4O2.HI/c1-13(26-17-8-6-16(20)7-9-17)11-23-19(22-2)24-12-14-4-3-5-15(10-14)18(21)25;/h3-10,13H,11-12H2,1-2H3,(H2,21,25)(H2,22,23,24);1H. The van der Waals surface area contributed by atoms with Crippen molar-refractivity contribution in [3.8, 4) is 5.75 Å². The van der Waals surface area contributed by atoms with Gasteiger partial charge >= 0.3 is 0 Å². The smallest absolute Gasteiger partial charge is 0.248 e. The first-order valence-electron chi connectivity index (χ1n) is 8.23. The molecule has 0 aromatic heterocycles. The molecular formula is C19H24FIN4O2. The van der Waals surface area contributed by atoms with E-state index in [1.165, 1.54) is 12.1 Å². The number of hydrogen-bond acceptors (Lipinski definition) is 3. The number of ether oxygens (including phenoxy) is 1. The third kappa shape index (κ3) is 7.81. The summed E-state index contributed by atoms with van der Waals surface area (Å²) in [5.41, 5.74) is 6.67. The van der Waals surface area contributed by atoms with E-state index in [1.54, 1.807) is 37.4 Å². The molecule has 2 aromatic rings. The van der Waals surface area contributed by atoms with Gasteiger partial charge in [0.05, 0.1) is 6.54 Å². The molecule has 0 aliphatic carbocycles. The fraction of sp³-hybridized carbons (Fsp3) is 0.263. The van der Waals surface area contributed by atoms with Crippen LogP contribution in [0.3, 0.4) is 0 Å². The van der Waals surface area contributed by atoms with Gasteiger partial charge < -0.3 is 21.1 Å². The average Bonchev–Trinajstić information content (AvgIpc) is 2.64. The molecule has 0 aliphatic rings. The Morgan fingerprint density at radius 3 is 2.56 bits per heavy atom. The van der Waals surface area contributed by atoms with E-state index < -0.39 is 5.91 Å². The largest absolute Gasteiger partial charge is 0.489 e. The number of nitrogens with two attached hydrogens (primary N) is 1. The van der Waals surface area contributed by atoms with E-state index in [-0.39, 0.29) is 35.9 Å². The molecule has 1 atom stereocenters. The number of guanidine groups is 1. The normalized spacial score (nSPS) is 11.9. The second-order valence-electron chi connectivity index (χ2n) is 5.75. The van der Waals surface area contributed by atoms with E-state index in [1.807, 2.05) is 13.0 Å². The molecule has 27 heavy (non-hydrogen) atoms. The highest BCUT2D eigenvalue weighted by Gasteiger charge is 2.07. The first-order valence-corrected chi connectivity index (χ1v) is 8.23. The molecule has 0 fully saturated rings. The van der Waals surface area contributed by atoms with E-state index in [0.717, 1.165) is 5.56 Å². The molecule has 0 heterocycles. The van der Waals surface area contributed by atoms with Crippen molar-refractivity contribution in [2.45, 2.75) is 19.6 Å². The highest BCUT2D eigenvalue weighted by molar-refractivity contribution is 14.0. The zero-order valence-electron chi connectivity index (χ0n) is 15.2. The van der Waals surface area contributed by atoms with Gasteiger partial charge in [0, 0.05) is 19.2 Å². The summed E-state index contributed by atoms with van der Waals surface area (Å²) >= 11 is 0. The van der Waals surface area contributed by atoms with Crippen molar-refractivity contribution < 1.29 is 13.9 Å². The van der Waals surface area contributed by atoms with Crippen molar-refractivity contribution in [2.75, 3.05) is 13.6 Å². The highest BCUT2D eigenvalue weighted by Crippen LogP contribution is 2.12. The molecule has 8 heteroatoms. The van der Waals surface area contributed by atoms with Crippen LogP contribution in [0.5, 0.6) is 5.75 Å². The first kappa shape index (κ1) is 22.7. The molecule has 0 spiro atoms. The van der Waals surface area contributed by atoms with E-state index in [4.69, 9.17) is 10.5 Å². The summed E-state index contributed by atoms with van der Waals surface area (Å²) in [6.45, 7) is 2.91. The predicted octanol–water partition coefficient (Wildman–Crippen LogP) is 2.68. The number of benzene rings is 2.